The molecule has 0 saturated carbocycles. The maximum absolute atomic E-state index is 11.6. The minimum Gasteiger partial charge on any atom is -0.311 e. The predicted octanol–water partition coefficient (Wildman–Crippen LogP) is 1.80. The van der Waals surface area contributed by atoms with Crippen LogP contribution >= 0.6 is 0 Å². The van der Waals surface area contributed by atoms with Crippen molar-refractivity contribution in [1.82, 2.24) is 4.57 Å². The minimum absolute atomic E-state index is 0.181. The van der Waals surface area contributed by atoms with E-state index in [0.717, 1.165) is 11.6 Å². The lowest BCUT2D eigenvalue weighted by Crippen LogP contribution is -2.19. The van der Waals surface area contributed by atoms with Crippen LogP contribution in [0.1, 0.15) is 5.56 Å². The van der Waals surface area contributed by atoms with E-state index in [1.165, 1.54) is 16.8 Å². The van der Waals surface area contributed by atoms with E-state index in [4.69, 9.17) is 0 Å². The third kappa shape index (κ3) is 2.57. The molecule has 1 heterocycles. The van der Waals surface area contributed by atoms with Gasteiger partial charge in [0.25, 0.3) is 11.2 Å². The summed E-state index contributed by atoms with van der Waals surface area (Å²) >= 11 is 0. The second-order valence-electron chi connectivity index (χ2n) is 3.59. The van der Waals surface area contributed by atoms with Crippen molar-refractivity contribution < 1.29 is 4.92 Å². The van der Waals surface area contributed by atoms with Crippen molar-refractivity contribution >= 4 is 5.69 Å². The van der Waals surface area contributed by atoms with Crippen molar-refractivity contribution in [2.24, 2.45) is 0 Å². The fourth-order valence-corrected chi connectivity index (χ4v) is 1.52. The number of hydrogen-bond acceptors (Lipinski definition) is 3. The van der Waals surface area contributed by atoms with E-state index in [9.17, 15) is 14.9 Å². The molecule has 2 aromatic rings. The molecule has 0 amide bonds. The number of nitro groups is 1. The van der Waals surface area contributed by atoms with Crippen molar-refractivity contribution in [3.63, 3.8) is 0 Å². The van der Waals surface area contributed by atoms with Gasteiger partial charge in [0, 0.05) is 12.3 Å². The Balaban J connectivity index is 2.29. The van der Waals surface area contributed by atoms with Crippen LogP contribution < -0.4 is 5.56 Å². The zero-order valence-electron chi connectivity index (χ0n) is 8.95. The molecule has 0 bridgehead atoms. The lowest BCUT2D eigenvalue weighted by Gasteiger charge is -2.04. The first kappa shape index (κ1) is 11.1. The molecule has 86 valence electrons. The Morgan fingerprint density at radius 1 is 1.18 bits per heavy atom. The number of nitrogens with zero attached hydrogens (tertiary/aromatic N) is 2. The van der Waals surface area contributed by atoms with E-state index in [1.54, 1.807) is 0 Å². The van der Waals surface area contributed by atoms with Gasteiger partial charge in [-0.3, -0.25) is 14.9 Å². The van der Waals surface area contributed by atoms with Crippen LogP contribution in [0.15, 0.2) is 53.5 Å². The highest BCUT2D eigenvalue weighted by molar-refractivity contribution is 5.26. The average Bonchev–Trinajstić information content (AvgIpc) is 2.33. The molecule has 5 heteroatoms. The third-order valence-electron chi connectivity index (χ3n) is 2.39. The molecular formula is C12H10N2O3. The summed E-state index contributed by atoms with van der Waals surface area (Å²) in [4.78, 5) is 21.5. The van der Waals surface area contributed by atoms with E-state index >= 15 is 0 Å². The molecule has 0 atom stereocenters. The van der Waals surface area contributed by atoms with Crippen LogP contribution in [0.2, 0.25) is 0 Å². The topological polar surface area (TPSA) is 65.1 Å². The van der Waals surface area contributed by atoms with Gasteiger partial charge >= 0.3 is 0 Å². The van der Waals surface area contributed by atoms with Crippen molar-refractivity contribution in [2.45, 2.75) is 6.54 Å². The van der Waals surface area contributed by atoms with Gasteiger partial charge in [0.1, 0.15) is 0 Å². The molecule has 1 aromatic carbocycles. The molecule has 0 radical (unpaired) electrons. The SMILES string of the molecule is O=c1cc([N+](=O)[O-])ccn1Cc1ccccc1. The largest absolute Gasteiger partial charge is 0.311 e. The van der Waals surface area contributed by atoms with Gasteiger partial charge in [0.15, 0.2) is 0 Å². The highest BCUT2D eigenvalue weighted by Crippen LogP contribution is 2.06. The fourth-order valence-electron chi connectivity index (χ4n) is 1.52. The van der Waals surface area contributed by atoms with E-state index in [2.05, 4.69) is 0 Å². The molecule has 0 unspecified atom stereocenters. The summed E-state index contributed by atoms with van der Waals surface area (Å²) < 4.78 is 1.43. The van der Waals surface area contributed by atoms with Crippen LogP contribution in [0.4, 0.5) is 5.69 Å². The zero-order valence-corrected chi connectivity index (χ0v) is 8.95. The number of aromatic nitrogens is 1. The Labute approximate surface area is 97.1 Å². The molecule has 0 aliphatic carbocycles. The summed E-state index contributed by atoms with van der Waals surface area (Å²) in [5.41, 5.74) is 0.422. The van der Waals surface area contributed by atoms with E-state index in [-0.39, 0.29) is 11.2 Å². The number of benzene rings is 1. The number of pyridine rings is 1. The smallest absolute Gasteiger partial charge is 0.276 e. The molecule has 2 rings (SSSR count). The Kier molecular flexibility index (Phi) is 3.00. The maximum Gasteiger partial charge on any atom is 0.276 e. The lowest BCUT2D eigenvalue weighted by molar-refractivity contribution is -0.385. The van der Waals surface area contributed by atoms with Gasteiger partial charge in [0.2, 0.25) is 0 Å². The minimum atomic E-state index is -0.575. The van der Waals surface area contributed by atoms with E-state index in [0.29, 0.717) is 6.54 Å². The summed E-state index contributed by atoms with van der Waals surface area (Å²) in [7, 11) is 0. The Morgan fingerprint density at radius 2 is 1.88 bits per heavy atom. The van der Waals surface area contributed by atoms with Gasteiger partial charge in [-0.2, -0.15) is 0 Å². The van der Waals surface area contributed by atoms with Crippen LogP contribution in [-0.4, -0.2) is 9.49 Å². The molecule has 0 N–H and O–H groups in total. The Hall–Kier alpha value is -2.43. The first-order chi connectivity index (χ1) is 8.16. The van der Waals surface area contributed by atoms with Crippen molar-refractivity contribution in [3.8, 4) is 0 Å². The molecule has 5 nitrogen and oxygen atoms in total. The number of hydrogen-bond donors (Lipinski definition) is 0. The van der Waals surface area contributed by atoms with Crippen LogP contribution in [0.5, 0.6) is 0 Å². The monoisotopic (exact) mass is 230 g/mol. The van der Waals surface area contributed by atoms with Gasteiger partial charge in [-0.25, -0.2) is 0 Å². The van der Waals surface area contributed by atoms with Crippen molar-refractivity contribution in [3.05, 3.63) is 74.7 Å². The highest BCUT2D eigenvalue weighted by Gasteiger charge is 2.07. The molecule has 1 aromatic heterocycles. The van der Waals surface area contributed by atoms with Crippen molar-refractivity contribution in [2.75, 3.05) is 0 Å². The molecule has 0 saturated heterocycles. The summed E-state index contributed by atoms with van der Waals surface area (Å²) in [5.74, 6) is 0. The normalized spacial score (nSPS) is 10.1. The Bertz CT molecular complexity index is 590. The second-order valence-corrected chi connectivity index (χ2v) is 3.59. The van der Waals surface area contributed by atoms with Gasteiger partial charge in [-0.05, 0) is 5.56 Å². The van der Waals surface area contributed by atoms with Crippen LogP contribution in [0.25, 0.3) is 0 Å². The zero-order chi connectivity index (χ0) is 12.3. The number of rotatable bonds is 3. The second kappa shape index (κ2) is 4.61. The van der Waals surface area contributed by atoms with Crippen molar-refractivity contribution in [1.29, 1.82) is 0 Å². The summed E-state index contributed by atoms with van der Waals surface area (Å²) in [6.07, 6.45) is 1.44. The van der Waals surface area contributed by atoms with Crippen LogP contribution in [0.3, 0.4) is 0 Å². The van der Waals surface area contributed by atoms with E-state index < -0.39 is 4.92 Å². The molecule has 17 heavy (non-hydrogen) atoms. The quantitative estimate of drug-likeness (QED) is 0.596. The van der Waals surface area contributed by atoms with Gasteiger partial charge < -0.3 is 4.57 Å². The fraction of sp³-hybridized carbons (Fsp3) is 0.0833. The maximum atomic E-state index is 11.6. The van der Waals surface area contributed by atoms with Gasteiger partial charge in [-0.1, -0.05) is 30.3 Å². The first-order valence-corrected chi connectivity index (χ1v) is 5.05. The molecule has 0 aliphatic rings. The summed E-state index contributed by atoms with van der Waals surface area (Å²) in [6.45, 7) is 0.414. The Morgan fingerprint density at radius 3 is 2.47 bits per heavy atom. The highest BCUT2D eigenvalue weighted by atomic mass is 16.6. The van der Waals surface area contributed by atoms with Gasteiger partial charge in [0.05, 0.1) is 17.5 Å². The standard InChI is InChI=1S/C12H10N2O3/c15-12-8-11(14(16)17)6-7-13(12)9-10-4-2-1-3-5-10/h1-8H,9H2. The molecular weight excluding hydrogens is 220 g/mol. The average molecular weight is 230 g/mol. The molecule has 0 fully saturated rings. The molecule has 0 spiro atoms. The third-order valence-corrected chi connectivity index (χ3v) is 2.39. The van der Waals surface area contributed by atoms with Crippen LogP contribution in [-0.2, 0) is 6.54 Å². The predicted molar refractivity (Wildman–Crippen MR) is 62.9 cm³/mol. The first-order valence-electron chi connectivity index (χ1n) is 5.05. The summed E-state index contributed by atoms with van der Waals surface area (Å²) in [6, 6.07) is 11.8. The van der Waals surface area contributed by atoms with E-state index in [1.807, 2.05) is 30.3 Å². The van der Waals surface area contributed by atoms with Crippen LogP contribution in [0, 0.1) is 10.1 Å². The summed E-state index contributed by atoms with van der Waals surface area (Å²) in [5, 5.41) is 10.5. The lowest BCUT2D eigenvalue weighted by atomic mass is 10.2. The van der Waals surface area contributed by atoms with Gasteiger partial charge in [-0.15, -0.1) is 0 Å². The molecule has 0 aliphatic heterocycles.